The standard InChI is InChI=1S/C17H28N4O3S/c1-17(2,3)24-16(22)18-11-12-8-6-7-9-21(12)13-10-14(23-4)20-15(19-13)25-5/h10,12H,6-9,11H2,1-5H3,(H,18,22)/t12-/m0/s1. The molecule has 0 spiro atoms. The van der Waals surface area contributed by atoms with E-state index in [9.17, 15) is 4.79 Å². The van der Waals surface area contributed by atoms with Gasteiger partial charge in [-0.25, -0.2) is 9.78 Å². The average Bonchev–Trinajstić information content (AvgIpc) is 2.58. The highest BCUT2D eigenvalue weighted by Gasteiger charge is 2.26. The molecule has 2 heterocycles. The Morgan fingerprint density at radius 1 is 1.40 bits per heavy atom. The molecule has 0 aromatic carbocycles. The first-order valence-corrected chi connectivity index (χ1v) is 9.75. The van der Waals surface area contributed by atoms with Gasteiger partial charge in [0.2, 0.25) is 5.88 Å². The lowest BCUT2D eigenvalue weighted by molar-refractivity contribution is 0.0523. The van der Waals surface area contributed by atoms with E-state index >= 15 is 0 Å². The molecule has 0 unspecified atom stereocenters. The molecule has 1 aliphatic heterocycles. The Hall–Kier alpha value is -1.70. The number of piperidine rings is 1. The number of carbonyl (C=O) groups excluding carboxylic acids is 1. The lowest BCUT2D eigenvalue weighted by Gasteiger charge is -2.37. The van der Waals surface area contributed by atoms with Crippen LogP contribution < -0.4 is 15.0 Å². The number of hydrogen-bond acceptors (Lipinski definition) is 7. The fourth-order valence-corrected chi connectivity index (χ4v) is 3.13. The molecule has 1 saturated heterocycles. The number of methoxy groups -OCH3 is 1. The van der Waals surface area contributed by atoms with Gasteiger partial charge in [0.1, 0.15) is 11.4 Å². The maximum Gasteiger partial charge on any atom is 0.407 e. The second-order valence-electron chi connectivity index (χ2n) is 6.98. The summed E-state index contributed by atoms with van der Waals surface area (Å²) in [4.78, 5) is 23.1. The number of thioether (sulfide) groups is 1. The summed E-state index contributed by atoms with van der Waals surface area (Å²) in [5, 5.41) is 3.56. The van der Waals surface area contributed by atoms with Crippen molar-refractivity contribution in [3.8, 4) is 5.88 Å². The fraction of sp³-hybridized carbons (Fsp3) is 0.706. The zero-order valence-electron chi connectivity index (χ0n) is 15.7. The molecule has 1 fully saturated rings. The Morgan fingerprint density at radius 3 is 2.80 bits per heavy atom. The van der Waals surface area contributed by atoms with E-state index in [1.807, 2.05) is 33.1 Å². The van der Waals surface area contributed by atoms with Crippen molar-refractivity contribution in [3.05, 3.63) is 6.07 Å². The van der Waals surface area contributed by atoms with E-state index in [1.54, 1.807) is 7.11 Å². The van der Waals surface area contributed by atoms with Crippen LogP contribution in [0.5, 0.6) is 5.88 Å². The molecule has 140 valence electrons. The van der Waals surface area contributed by atoms with E-state index in [0.717, 1.165) is 31.6 Å². The summed E-state index contributed by atoms with van der Waals surface area (Å²) in [5.41, 5.74) is -0.496. The van der Waals surface area contributed by atoms with Gasteiger partial charge < -0.3 is 19.7 Å². The summed E-state index contributed by atoms with van der Waals surface area (Å²) < 4.78 is 10.6. The number of anilines is 1. The smallest absolute Gasteiger partial charge is 0.407 e. The number of ether oxygens (including phenoxy) is 2. The van der Waals surface area contributed by atoms with Crippen LogP contribution in [0.2, 0.25) is 0 Å². The van der Waals surface area contributed by atoms with Gasteiger partial charge in [-0.15, -0.1) is 0 Å². The predicted octanol–water partition coefficient (Wildman–Crippen LogP) is 3.09. The predicted molar refractivity (Wildman–Crippen MR) is 99.6 cm³/mol. The van der Waals surface area contributed by atoms with Gasteiger partial charge in [0.15, 0.2) is 5.16 Å². The second kappa shape index (κ2) is 8.60. The molecule has 7 nitrogen and oxygen atoms in total. The SMILES string of the molecule is COc1cc(N2CCCC[C@H]2CNC(=O)OC(C)(C)C)nc(SC)n1. The number of alkyl carbamates (subject to hydrolysis) is 1. The van der Waals surface area contributed by atoms with Crippen molar-refractivity contribution in [1.29, 1.82) is 0 Å². The number of nitrogens with zero attached hydrogens (tertiary/aromatic N) is 3. The molecule has 2 rings (SSSR count). The summed E-state index contributed by atoms with van der Waals surface area (Å²) in [7, 11) is 1.61. The van der Waals surface area contributed by atoms with Crippen LogP contribution >= 0.6 is 11.8 Å². The third-order valence-corrected chi connectivity index (χ3v) is 4.41. The first-order valence-electron chi connectivity index (χ1n) is 8.53. The van der Waals surface area contributed by atoms with Gasteiger partial charge in [-0.05, 0) is 46.3 Å². The highest BCUT2D eigenvalue weighted by molar-refractivity contribution is 7.98. The van der Waals surface area contributed by atoms with Gasteiger partial charge in [0.25, 0.3) is 0 Å². The first-order chi connectivity index (χ1) is 11.8. The minimum absolute atomic E-state index is 0.176. The van der Waals surface area contributed by atoms with Crippen molar-refractivity contribution in [2.24, 2.45) is 0 Å². The van der Waals surface area contributed by atoms with E-state index in [2.05, 4.69) is 20.2 Å². The molecular formula is C17H28N4O3S. The Kier molecular flexibility index (Phi) is 6.75. The quantitative estimate of drug-likeness (QED) is 0.632. The van der Waals surface area contributed by atoms with Crippen LogP contribution in [0.3, 0.4) is 0 Å². The minimum atomic E-state index is -0.496. The lowest BCUT2D eigenvalue weighted by Crippen LogP contribution is -2.48. The summed E-state index contributed by atoms with van der Waals surface area (Å²) >= 11 is 1.48. The molecule has 1 aromatic rings. The van der Waals surface area contributed by atoms with Crippen molar-refractivity contribution in [2.75, 3.05) is 31.4 Å². The summed E-state index contributed by atoms with van der Waals surface area (Å²) in [6, 6.07) is 2.03. The second-order valence-corrected chi connectivity index (χ2v) is 7.75. The molecule has 1 atom stereocenters. The summed E-state index contributed by atoms with van der Waals surface area (Å²) in [6.07, 6.45) is 4.79. The van der Waals surface area contributed by atoms with Gasteiger partial charge in [-0.2, -0.15) is 4.98 Å². The number of rotatable bonds is 5. The number of aromatic nitrogens is 2. The molecule has 1 aromatic heterocycles. The number of carbonyl (C=O) groups is 1. The number of nitrogens with one attached hydrogen (secondary N) is 1. The van der Waals surface area contributed by atoms with Crippen LogP contribution in [0.25, 0.3) is 0 Å². The Morgan fingerprint density at radius 2 is 2.16 bits per heavy atom. The molecule has 1 aliphatic rings. The fourth-order valence-electron chi connectivity index (χ4n) is 2.76. The van der Waals surface area contributed by atoms with Gasteiger partial charge in [0, 0.05) is 25.2 Å². The Bertz CT molecular complexity index is 569. The molecule has 1 amide bonds. The van der Waals surface area contributed by atoms with E-state index in [4.69, 9.17) is 9.47 Å². The van der Waals surface area contributed by atoms with E-state index in [1.165, 1.54) is 11.8 Å². The van der Waals surface area contributed by atoms with Crippen molar-refractivity contribution < 1.29 is 14.3 Å². The maximum absolute atomic E-state index is 11.9. The van der Waals surface area contributed by atoms with Gasteiger partial charge >= 0.3 is 6.09 Å². The third kappa shape index (κ3) is 5.95. The van der Waals surface area contributed by atoms with Gasteiger partial charge in [0.05, 0.1) is 7.11 Å². The van der Waals surface area contributed by atoms with Crippen molar-refractivity contribution >= 4 is 23.7 Å². The maximum atomic E-state index is 11.9. The van der Waals surface area contributed by atoms with Crippen LogP contribution in [0.4, 0.5) is 10.6 Å². The van der Waals surface area contributed by atoms with E-state index < -0.39 is 5.60 Å². The molecule has 0 bridgehead atoms. The molecule has 8 heteroatoms. The zero-order chi connectivity index (χ0) is 18.4. The minimum Gasteiger partial charge on any atom is -0.481 e. The Balaban J connectivity index is 2.09. The van der Waals surface area contributed by atoms with Crippen molar-refractivity contribution in [2.45, 2.75) is 56.8 Å². The zero-order valence-corrected chi connectivity index (χ0v) is 16.5. The molecule has 1 N–H and O–H groups in total. The molecule has 0 radical (unpaired) electrons. The van der Waals surface area contributed by atoms with E-state index in [-0.39, 0.29) is 12.1 Å². The number of hydrogen-bond donors (Lipinski definition) is 1. The highest BCUT2D eigenvalue weighted by Crippen LogP contribution is 2.27. The molecule has 0 aliphatic carbocycles. The van der Waals surface area contributed by atoms with E-state index in [0.29, 0.717) is 17.6 Å². The molecule has 25 heavy (non-hydrogen) atoms. The largest absolute Gasteiger partial charge is 0.481 e. The van der Waals surface area contributed by atoms with Gasteiger partial charge in [-0.1, -0.05) is 11.8 Å². The Labute approximate surface area is 153 Å². The topological polar surface area (TPSA) is 76.6 Å². The molecular weight excluding hydrogens is 340 g/mol. The summed E-state index contributed by atoms with van der Waals surface area (Å²) in [6.45, 7) is 6.99. The van der Waals surface area contributed by atoms with Crippen molar-refractivity contribution in [3.63, 3.8) is 0 Å². The highest BCUT2D eigenvalue weighted by atomic mass is 32.2. The average molecular weight is 369 g/mol. The van der Waals surface area contributed by atoms with Gasteiger partial charge in [-0.3, -0.25) is 0 Å². The molecule has 0 saturated carbocycles. The number of amides is 1. The summed E-state index contributed by atoms with van der Waals surface area (Å²) in [5.74, 6) is 1.39. The van der Waals surface area contributed by atoms with Crippen LogP contribution in [0.15, 0.2) is 11.2 Å². The monoisotopic (exact) mass is 368 g/mol. The van der Waals surface area contributed by atoms with Crippen LogP contribution in [0.1, 0.15) is 40.0 Å². The van der Waals surface area contributed by atoms with Crippen LogP contribution in [-0.2, 0) is 4.74 Å². The first kappa shape index (κ1) is 19.6. The van der Waals surface area contributed by atoms with Crippen molar-refractivity contribution in [1.82, 2.24) is 15.3 Å². The third-order valence-electron chi connectivity index (χ3n) is 3.86. The normalized spacial score (nSPS) is 18.0. The van der Waals surface area contributed by atoms with Crippen LogP contribution in [-0.4, -0.2) is 54.2 Å². The van der Waals surface area contributed by atoms with Crippen LogP contribution in [0, 0.1) is 0 Å². The lowest BCUT2D eigenvalue weighted by atomic mass is 10.0.